The van der Waals surface area contributed by atoms with E-state index in [-0.39, 0.29) is 17.0 Å². The molecule has 1 unspecified atom stereocenters. The molecule has 0 aliphatic carbocycles. The second kappa shape index (κ2) is 6.94. The molecule has 2 aliphatic rings. The van der Waals surface area contributed by atoms with Gasteiger partial charge in [0.05, 0.1) is 11.6 Å². The number of hydrogen-bond acceptors (Lipinski definition) is 6. The van der Waals surface area contributed by atoms with Gasteiger partial charge < -0.3 is 9.42 Å². The van der Waals surface area contributed by atoms with Crippen molar-refractivity contribution in [3.8, 4) is 11.6 Å². The molecule has 3 aromatic rings. The van der Waals surface area contributed by atoms with Crippen LogP contribution >= 0.6 is 0 Å². The Hall–Kier alpha value is -3.20. The van der Waals surface area contributed by atoms with Gasteiger partial charge in [0.2, 0.25) is 0 Å². The molecule has 2 aromatic heterocycles. The van der Waals surface area contributed by atoms with Gasteiger partial charge >= 0.3 is 0 Å². The Bertz CT molecular complexity index is 1100. The standard InChI is InChI=1S/C21H19F2N5O2/c1-27-10-21(11-28(12-21)20(29)14-8-13(22)5-6-15(14)23)9-17(27)18-25-19(30-26-18)16-4-2-3-7-24-16/h2-8,17H,9-12H2,1H3. The van der Waals surface area contributed by atoms with Crippen LogP contribution in [0.15, 0.2) is 47.1 Å². The van der Waals surface area contributed by atoms with E-state index >= 15 is 0 Å². The maximum Gasteiger partial charge on any atom is 0.276 e. The van der Waals surface area contributed by atoms with Crippen molar-refractivity contribution in [1.82, 2.24) is 24.9 Å². The van der Waals surface area contributed by atoms with Gasteiger partial charge in [-0.2, -0.15) is 4.98 Å². The molecule has 9 heteroatoms. The van der Waals surface area contributed by atoms with Crippen LogP contribution in [0.5, 0.6) is 0 Å². The number of benzene rings is 1. The van der Waals surface area contributed by atoms with Crippen molar-refractivity contribution in [3.05, 3.63) is 65.6 Å². The highest BCUT2D eigenvalue weighted by atomic mass is 19.1. The topological polar surface area (TPSA) is 75.4 Å². The fourth-order valence-electron chi connectivity index (χ4n) is 4.49. The number of likely N-dealkylation sites (tertiary alicyclic amines) is 2. The van der Waals surface area contributed by atoms with Crippen molar-refractivity contribution in [2.45, 2.75) is 12.5 Å². The smallest absolute Gasteiger partial charge is 0.276 e. The Balaban J connectivity index is 1.28. The van der Waals surface area contributed by atoms with E-state index in [1.807, 2.05) is 19.2 Å². The van der Waals surface area contributed by atoms with Crippen molar-refractivity contribution < 1.29 is 18.1 Å². The Labute approximate surface area is 171 Å². The number of hydrogen-bond donors (Lipinski definition) is 0. The van der Waals surface area contributed by atoms with Gasteiger partial charge in [0.1, 0.15) is 17.3 Å². The van der Waals surface area contributed by atoms with E-state index in [1.165, 1.54) is 0 Å². The SMILES string of the molecule is CN1CC2(CC1c1noc(-c3ccccn3)n1)CN(C(=O)c1cc(F)ccc1F)C2. The average Bonchev–Trinajstić information content (AvgIpc) is 3.33. The third-order valence-electron chi connectivity index (χ3n) is 5.87. The molecule has 0 N–H and O–H groups in total. The van der Waals surface area contributed by atoms with Gasteiger partial charge in [-0.05, 0) is 43.8 Å². The monoisotopic (exact) mass is 411 g/mol. The van der Waals surface area contributed by atoms with Gasteiger partial charge in [0, 0.05) is 31.2 Å². The second-order valence-electron chi connectivity index (χ2n) is 8.09. The van der Waals surface area contributed by atoms with Crippen LogP contribution in [0.4, 0.5) is 8.78 Å². The first-order chi connectivity index (χ1) is 14.4. The molecule has 0 saturated carbocycles. The third-order valence-corrected chi connectivity index (χ3v) is 5.87. The number of halogens is 2. The molecule has 0 bridgehead atoms. The molecule has 154 valence electrons. The molecule has 1 spiro atoms. The summed E-state index contributed by atoms with van der Waals surface area (Å²) in [5.74, 6) is -0.877. The van der Waals surface area contributed by atoms with Crippen LogP contribution in [0.25, 0.3) is 11.6 Å². The lowest BCUT2D eigenvalue weighted by atomic mass is 9.77. The lowest BCUT2D eigenvalue weighted by Crippen LogP contribution is -2.59. The van der Waals surface area contributed by atoms with Crippen molar-refractivity contribution in [2.24, 2.45) is 5.41 Å². The summed E-state index contributed by atoms with van der Waals surface area (Å²) in [4.78, 5) is 25.0. The summed E-state index contributed by atoms with van der Waals surface area (Å²) >= 11 is 0. The molecule has 1 atom stereocenters. The largest absolute Gasteiger partial charge is 0.337 e. The number of carbonyl (C=O) groups is 1. The molecular formula is C21H19F2N5O2. The first-order valence-corrected chi connectivity index (χ1v) is 9.64. The minimum absolute atomic E-state index is 0.0469. The van der Waals surface area contributed by atoms with E-state index in [0.717, 1.165) is 31.2 Å². The number of rotatable bonds is 3. The first kappa shape index (κ1) is 18.8. The molecule has 4 heterocycles. The molecule has 2 saturated heterocycles. The zero-order valence-electron chi connectivity index (χ0n) is 16.3. The van der Waals surface area contributed by atoms with E-state index < -0.39 is 17.5 Å². The van der Waals surface area contributed by atoms with Crippen molar-refractivity contribution in [1.29, 1.82) is 0 Å². The minimum Gasteiger partial charge on any atom is -0.337 e. The molecule has 30 heavy (non-hydrogen) atoms. The molecule has 2 fully saturated rings. The summed E-state index contributed by atoms with van der Waals surface area (Å²) in [5.41, 5.74) is 0.264. The van der Waals surface area contributed by atoms with Crippen LogP contribution in [0.3, 0.4) is 0 Å². The average molecular weight is 411 g/mol. The second-order valence-corrected chi connectivity index (χ2v) is 8.09. The summed E-state index contributed by atoms with van der Waals surface area (Å²) in [6.45, 7) is 1.71. The molecule has 5 rings (SSSR count). The number of carbonyl (C=O) groups excluding carboxylic acids is 1. The van der Waals surface area contributed by atoms with Gasteiger partial charge in [-0.25, -0.2) is 8.78 Å². The summed E-state index contributed by atoms with van der Waals surface area (Å²) in [6, 6.07) is 8.35. The van der Waals surface area contributed by atoms with E-state index in [1.54, 1.807) is 17.2 Å². The summed E-state index contributed by atoms with van der Waals surface area (Å²) in [6.07, 6.45) is 2.41. The Morgan fingerprint density at radius 2 is 2.03 bits per heavy atom. The lowest BCUT2D eigenvalue weighted by molar-refractivity contribution is 0.0111. The Morgan fingerprint density at radius 1 is 1.20 bits per heavy atom. The predicted octanol–water partition coefficient (Wildman–Crippen LogP) is 2.93. The van der Waals surface area contributed by atoms with Crippen LogP contribution in [0, 0.1) is 17.0 Å². The van der Waals surface area contributed by atoms with Gasteiger partial charge in [-0.1, -0.05) is 11.2 Å². The van der Waals surface area contributed by atoms with Crippen LogP contribution in [0.1, 0.15) is 28.6 Å². The molecule has 1 aromatic carbocycles. The molecule has 1 amide bonds. The van der Waals surface area contributed by atoms with E-state index in [4.69, 9.17) is 4.52 Å². The maximum absolute atomic E-state index is 13.9. The van der Waals surface area contributed by atoms with Crippen molar-refractivity contribution in [2.75, 3.05) is 26.7 Å². The van der Waals surface area contributed by atoms with Gasteiger partial charge in [0.15, 0.2) is 5.82 Å². The van der Waals surface area contributed by atoms with Crippen molar-refractivity contribution in [3.63, 3.8) is 0 Å². The zero-order chi connectivity index (χ0) is 20.9. The van der Waals surface area contributed by atoms with Crippen LogP contribution in [-0.4, -0.2) is 57.5 Å². The summed E-state index contributed by atoms with van der Waals surface area (Å²) < 4.78 is 32.8. The van der Waals surface area contributed by atoms with Crippen molar-refractivity contribution >= 4 is 5.91 Å². The van der Waals surface area contributed by atoms with Crippen LogP contribution < -0.4 is 0 Å². The molecule has 0 radical (unpaired) electrons. The fourth-order valence-corrected chi connectivity index (χ4v) is 4.49. The van der Waals surface area contributed by atoms with E-state index in [0.29, 0.717) is 30.5 Å². The number of pyridine rings is 1. The normalized spacial score (nSPS) is 20.5. The number of amides is 1. The first-order valence-electron chi connectivity index (χ1n) is 9.64. The molecular weight excluding hydrogens is 392 g/mol. The third kappa shape index (κ3) is 3.15. The molecule has 7 nitrogen and oxygen atoms in total. The van der Waals surface area contributed by atoms with Gasteiger partial charge in [-0.3, -0.25) is 14.7 Å². The van der Waals surface area contributed by atoms with Gasteiger partial charge in [-0.15, -0.1) is 0 Å². The molecule has 2 aliphatic heterocycles. The number of aromatic nitrogens is 3. The quantitative estimate of drug-likeness (QED) is 0.660. The van der Waals surface area contributed by atoms with Gasteiger partial charge in [0.25, 0.3) is 11.8 Å². The Morgan fingerprint density at radius 3 is 2.80 bits per heavy atom. The summed E-state index contributed by atoms with van der Waals surface area (Å²) in [5, 5.41) is 4.13. The summed E-state index contributed by atoms with van der Waals surface area (Å²) in [7, 11) is 1.98. The van der Waals surface area contributed by atoms with Crippen LogP contribution in [-0.2, 0) is 0 Å². The fraction of sp³-hybridized carbons (Fsp3) is 0.333. The highest BCUT2D eigenvalue weighted by Crippen LogP contribution is 2.47. The highest BCUT2D eigenvalue weighted by Gasteiger charge is 2.53. The van der Waals surface area contributed by atoms with Crippen LogP contribution in [0.2, 0.25) is 0 Å². The number of nitrogens with zero attached hydrogens (tertiary/aromatic N) is 5. The Kier molecular flexibility index (Phi) is 4.35. The lowest BCUT2D eigenvalue weighted by Gasteiger charge is -2.48. The zero-order valence-corrected chi connectivity index (χ0v) is 16.3. The maximum atomic E-state index is 13.9. The van der Waals surface area contributed by atoms with E-state index in [9.17, 15) is 13.6 Å². The highest BCUT2D eigenvalue weighted by molar-refractivity contribution is 5.95. The minimum atomic E-state index is -0.711. The predicted molar refractivity (Wildman–Crippen MR) is 102 cm³/mol. The van der Waals surface area contributed by atoms with E-state index in [2.05, 4.69) is 20.0 Å².